The Kier molecular flexibility index (Phi) is 24.8. The molecule has 6 rings (SSSR count). The molecule has 0 bridgehead atoms. The van der Waals surface area contributed by atoms with Crippen LogP contribution in [0.15, 0.2) is 83.2 Å². The number of thioether (sulfide) groups is 2. The molecule has 6 atom stereocenters. The molecule has 2 aromatic carbocycles. The summed E-state index contributed by atoms with van der Waals surface area (Å²) in [6.07, 6.45) is 0.0107. The van der Waals surface area contributed by atoms with Crippen LogP contribution in [0.4, 0.5) is 0 Å². The van der Waals surface area contributed by atoms with Gasteiger partial charge in [-0.15, -0.1) is 23.5 Å². The molecule has 24 nitrogen and oxygen atoms in total. The second-order valence-corrected chi connectivity index (χ2v) is 18.4. The molecule has 384 valence electrons. The van der Waals surface area contributed by atoms with E-state index < -0.39 is 106 Å². The fraction of sp³-hybridized carbons (Fsp3) is 0.391. The van der Waals surface area contributed by atoms with Crippen molar-refractivity contribution < 1.29 is 147 Å². The number of carboxylic acid groups (broad SMARTS) is 4. The minimum Gasteiger partial charge on any atom is -0.543 e. The van der Waals surface area contributed by atoms with E-state index in [1.807, 2.05) is 0 Å². The van der Waals surface area contributed by atoms with Gasteiger partial charge in [0, 0.05) is 60.5 Å². The van der Waals surface area contributed by atoms with E-state index >= 15 is 0 Å². The Morgan fingerprint density at radius 1 is 0.608 bits per heavy atom. The Morgan fingerprint density at radius 2 is 0.946 bits per heavy atom. The van der Waals surface area contributed by atoms with Crippen LogP contribution in [0.2, 0.25) is 0 Å². The van der Waals surface area contributed by atoms with Gasteiger partial charge in [0.1, 0.15) is 48.1 Å². The molecule has 28 heteroatoms. The molecule has 6 amide bonds. The van der Waals surface area contributed by atoms with Gasteiger partial charge in [-0.3, -0.25) is 48.2 Å². The molecule has 0 unspecified atom stereocenters. The summed E-state index contributed by atoms with van der Waals surface area (Å²) in [6.45, 7) is 1.78. The standard InChI is InChI=1S/2C23H25N3O9S.2Na/c2*1-12(27)35-10-14-11-36-21-17(20(30)26(21)18(14)23(33)34)25-16(28)9-5-8-15(22(31)32)24-19(29)13-6-3-2-4-7-13;;/h2*2-4,6-7,15,17,21H,5,8-11H2,1H3,(H,24,29)(H,25,28)(H,31,32)(H,33,34);;/q;;2*+1/p-2/t2*15-,17-,21-;;/m11../s1. The predicted octanol–water partition coefficient (Wildman–Crippen LogP) is -7.98. The molecule has 0 aliphatic carbocycles. The van der Waals surface area contributed by atoms with Crippen LogP contribution in [0.3, 0.4) is 0 Å². The van der Waals surface area contributed by atoms with Gasteiger partial charge in [0.15, 0.2) is 0 Å². The number of benzene rings is 2. The maximum absolute atomic E-state index is 12.6. The van der Waals surface area contributed by atoms with E-state index in [1.54, 1.807) is 60.7 Å². The number of β-lactam (4-membered cyclic amide) rings is 2. The molecule has 4 aliphatic rings. The van der Waals surface area contributed by atoms with E-state index in [1.165, 1.54) is 37.4 Å². The molecule has 2 fully saturated rings. The second-order valence-electron chi connectivity index (χ2n) is 16.2. The fourth-order valence-electron chi connectivity index (χ4n) is 7.54. The first-order valence-electron chi connectivity index (χ1n) is 22.0. The van der Waals surface area contributed by atoms with Gasteiger partial charge in [0.25, 0.3) is 23.6 Å². The molecule has 2 saturated heterocycles. The monoisotopic (exact) mass is 1080 g/mol. The summed E-state index contributed by atoms with van der Waals surface area (Å²) in [6, 6.07) is 11.9. The molecular formula is C46H48N6Na2O18S2. The summed E-state index contributed by atoms with van der Waals surface area (Å²) in [5, 5.41) is 50.7. The van der Waals surface area contributed by atoms with Gasteiger partial charge < -0.3 is 60.8 Å². The van der Waals surface area contributed by atoms with Crippen molar-refractivity contribution in [3.8, 4) is 0 Å². The average Bonchev–Trinajstić information content (AvgIpc) is 3.34. The zero-order valence-electron chi connectivity index (χ0n) is 40.4. The van der Waals surface area contributed by atoms with Gasteiger partial charge in [0.2, 0.25) is 11.8 Å². The number of esters is 2. The SMILES string of the molecule is CC(=O)OCC1=C(C(=O)[O-])N2C(=O)[C@@H](NC(=O)CCC[C@@H](NC(=O)c3ccccc3)C(=O)O)[C@H]2SC1.CC(=O)OCC1=C(C(=O)[O-])N2C(=O)[C@@H](NC(=O)CCC[C@@H](NC(=O)c3ccccc3)C(=O)O)[C@H]2SC1.[Na+].[Na+]. The van der Waals surface area contributed by atoms with Crippen LogP contribution in [0.1, 0.15) is 73.1 Å². The van der Waals surface area contributed by atoms with Crippen LogP contribution in [-0.2, 0) is 57.4 Å². The van der Waals surface area contributed by atoms with Gasteiger partial charge in [-0.2, -0.15) is 0 Å². The molecule has 6 N–H and O–H groups in total. The van der Waals surface area contributed by atoms with E-state index in [9.17, 15) is 78.0 Å². The number of nitrogens with one attached hydrogen (secondary N) is 4. The number of hydrogen-bond acceptors (Lipinski definition) is 18. The van der Waals surface area contributed by atoms with Crippen LogP contribution in [0.25, 0.3) is 0 Å². The Labute approximate surface area is 475 Å². The van der Waals surface area contributed by atoms with E-state index in [2.05, 4.69) is 21.3 Å². The van der Waals surface area contributed by atoms with Crippen LogP contribution in [0, 0.1) is 0 Å². The Morgan fingerprint density at radius 3 is 1.24 bits per heavy atom. The van der Waals surface area contributed by atoms with Crippen LogP contribution >= 0.6 is 23.5 Å². The van der Waals surface area contributed by atoms with Crippen molar-refractivity contribution >= 4 is 94.8 Å². The molecule has 4 heterocycles. The van der Waals surface area contributed by atoms with Crippen LogP contribution in [-0.4, -0.2) is 151 Å². The Balaban J connectivity index is 0.000000380. The van der Waals surface area contributed by atoms with Crippen molar-refractivity contribution in [2.45, 2.75) is 87.3 Å². The zero-order valence-corrected chi connectivity index (χ0v) is 46.1. The van der Waals surface area contributed by atoms with Gasteiger partial charge in [-0.05, 0) is 49.9 Å². The largest absolute Gasteiger partial charge is 1.00 e. The van der Waals surface area contributed by atoms with Crippen LogP contribution < -0.4 is 90.6 Å². The van der Waals surface area contributed by atoms with Gasteiger partial charge in [-0.25, -0.2) is 9.59 Å². The topological polar surface area (TPSA) is 364 Å². The molecule has 0 aromatic heterocycles. The van der Waals surface area contributed by atoms with Crippen molar-refractivity contribution in [3.63, 3.8) is 0 Å². The molecule has 0 spiro atoms. The van der Waals surface area contributed by atoms with Gasteiger partial charge in [0.05, 0.1) is 23.3 Å². The molecule has 74 heavy (non-hydrogen) atoms. The third-order valence-corrected chi connectivity index (χ3v) is 13.8. The number of carbonyl (C=O) groups is 12. The van der Waals surface area contributed by atoms with Crippen molar-refractivity contribution in [2.75, 3.05) is 24.7 Å². The van der Waals surface area contributed by atoms with Crippen LogP contribution in [0.5, 0.6) is 0 Å². The van der Waals surface area contributed by atoms with E-state index in [4.69, 9.17) is 9.47 Å². The first kappa shape index (κ1) is 62.6. The minimum absolute atomic E-state index is 0. The van der Waals surface area contributed by atoms with E-state index in [-0.39, 0.29) is 145 Å². The summed E-state index contributed by atoms with van der Waals surface area (Å²) in [5.74, 6) is -9.93. The van der Waals surface area contributed by atoms with Crippen molar-refractivity contribution in [1.82, 2.24) is 31.1 Å². The van der Waals surface area contributed by atoms with Gasteiger partial charge >= 0.3 is 83.0 Å². The zero-order chi connectivity index (χ0) is 52.8. The van der Waals surface area contributed by atoms with Crippen molar-refractivity contribution in [3.05, 3.63) is 94.3 Å². The molecule has 0 radical (unpaired) electrons. The molecular weight excluding hydrogens is 1030 g/mol. The number of ether oxygens (including phenoxy) is 2. The van der Waals surface area contributed by atoms with Gasteiger partial charge in [-0.1, -0.05) is 36.4 Å². The molecule has 4 aliphatic heterocycles. The minimum atomic E-state index is -1.59. The third-order valence-electron chi connectivity index (χ3n) is 11.1. The Hall–Kier alpha value is -5.74. The number of amides is 6. The maximum Gasteiger partial charge on any atom is 1.00 e. The summed E-state index contributed by atoms with van der Waals surface area (Å²) in [4.78, 5) is 145. The van der Waals surface area contributed by atoms with Crippen molar-refractivity contribution in [1.29, 1.82) is 0 Å². The first-order chi connectivity index (χ1) is 34.2. The van der Waals surface area contributed by atoms with Crippen molar-refractivity contribution in [2.24, 2.45) is 0 Å². The Bertz CT molecular complexity index is 2400. The molecule has 2 aromatic rings. The van der Waals surface area contributed by atoms with E-state index in [0.717, 1.165) is 9.80 Å². The third kappa shape index (κ3) is 16.6. The second kappa shape index (κ2) is 29.4. The fourth-order valence-corrected chi connectivity index (χ4v) is 10.2. The number of rotatable bonds is 22. The normalized spacial score (nSPS) is 18.9. The maximum atomic E-state index is 12.6. The van der Waals surface area contributed by atoms with E-state index in [0.29, 0.717) is 11.1 Å². The summed E-state index contributed by atoms with van der Waals surface area (Å²) >= 11 is 2.42. The predicted molar refractivity (Wildman–Crippen MR) is 246 cm³/mol. The first-order valence-corrected chi connectivity index (χ1v) is 24.1. The number of aliphatic carboxylic acids is 4. The quantitative estimate of drug-likeness (QED) is 0.0362. The summed E-state index contributed by atoms with van der Waals surface area (Å²) < 4.78 is 9.70. The number of carboxylic acids is 4. The summed E-state index contributed by atoms with van der Waals surface area (Å²) in [7, 11) is 0. The number of carbonyl (C=O) groups excluding carboxylic acids is 10. The molecule has 0 saturated carbocycles. The smallest absolute Gasteiger partial charge is 0.543 e. The number of fused-ring (bicyclic) bond motifs is 2. The summed E-state index contributed by atoms with van der Waals surface area (Å²) in [5.41, 5.74) is 0.327. The average molecular weight is 1080 g/mol. The number of hydrogen-bond donors (Lipinski definition) is 6. The number of nitrogens with zero attached hydrogens (tertiary/aromatic N) is 2.